The maximum Gasteiger partial charge on any atom is 0.258 e. The Balaban J connectivity index is 1.19. The third-order valence-electron chi connectivity index (χ3n) is 6.95. The third kappa shape index (κ3) is 4.52. The summed E-state index contributed by atoms with van der Waals surface area (Å²) in [6.45, 7) is 3.73. The Morgan fingerprint density at radius 1 is 1.03 bits per heavy atom. The number of hydrogen-bond acceptors (Lipinski definition) is 8. The van der Waals surface area contributed by atoms with E-state index in [0.717, 1.165) is 55.0 Å². The van der Waals surface area contributed by atoms with Crippen molar-refractivity contribution in [3.8, 4) is 10.4 Å². The number of nitrogens with two attached hydrogens (primary N) is 2. The number of thiophene rings is 1. The van der Waals surface area contributed by atoms with Gasteiger partial charge in [0.1, 0.15) is 18.0 Å². The fraction of sp³-hybridized carbons (Fsp3) is 0.172. The first-order valence-electron chi connectivity index (χ1n) is 12.4. The number of carbonyl (C=O) groups excluding carboxylic acids is 1. The highest BCUT2D eigenvalue weighted by molar-refractivity contribution is 7.15. The Kier molecular flexibility index (Phi) is 6.13. The van der Waals surface area contributed by atoms with Crippen molar-refractivity contribution in [2.24, 2.45) is 0 Å². The Morgan fingerprint density at radius 3 is 2.79 bits per heavy atom. The highest BCUT2D eigenvalue weighted by Crippen LogP contribution is 2.32. The van der Waals surface area contributed by atoms with Gasteiger partial charge in [0.2, 0.25) is 0 Å². The molecule has 6 rings (SSSR count). The first-order chi connectivity index (χ1) is 18.5. The number of nitrogens with zero attached hydrogens (tertiary/aromatic N) is 4. The summed E-state index contributed by atoms with van der Waals surface area (Å²) in [4.78, 5) is 30.6. The average Bonchev–Trinajstić information content (AvgIpc) is 3.40. The van der Waals surface area contributed by atoms with E-state index in [-0.39, 0.29) is 5.91 Å². The molecule has 2 aromatic carbocycles. The van der Waals surface area contributed by atoms with Crippen molar-refractivity contribution in [2.45, 2.75) is 26.4 Å². The second-order valence-corrected chi connectivity index (χ2v) is 10.6. The first kappa shape index (κ1) is 23.9. The van der Waals surface area contributed by atoms with Gasteiger partial charge in [-0.3, -0.25) is 4.79 Å². The molecule has 0 spiro atoms. The van der Waals surface area contributed by atoms with Crippen LogP contribution in [0.4, 0.5) is 17.3 Å². The maximum absolute atomic E-state index is 13.5. The molecule has 5 aromatic rings. The van der Waals surface area contributed by atoms with E-state index in [4.69, 9.17) is 11.5 Å². The number of fused-ring (bicyclic) bond motifs is 2. The zero-order chi connectivity index (χ0) is 26.2. The van der Waals surface area contributed by atoms with Crippen molar-refractivity contribution in [3.05, 3.63) is 94.3 Å². The van der Waals surface area contributed by atoms with Gasteiger partial charge in [-0.1, -0.05) is 18.2 Å². The predicted octanol–water partition coefficient (Wildman–Crippen LogP) is 5.04. The smallest absolute Gasteiger partial charge is 0.258 e. The molecular formula is C29H27N7OS. The lowest BCUT2D eigenvalue weighted by Gasteiger charge is -2.30. The van der Waals surface area contributed by atoms with Gasteiger partial charge in [0, 0.05) is 40.1 Å². The van der Waals surface area contributed by atoms with Crippen molar-refractivity contribution in [3.63, 3.8) is 0 Å². The van der Waals surface area contributed by atoms with Gasteiger partial charge in [-0.05, 0) is 72.0 Å². The molecule has 9 heteroatoms. The zero-order valence-corrected chi connectivity index (χ0v) is 21.8. The molecule has 0 unspecified atom stereocenters. The summed E-state index contributed by atoms with van der Waals surface area (Å²) in [6.07, 6.45) is 4.04. The molecule has 0 saturated heterocycles. The summed E-state index contributed by atoms with van der Waals surface area (Å²) in [6, 6.07) is 18.1. The minimum Gasteiger partial charge on any atom is -0.399 e. The van der Waals surface area contributed by atoms with Crippen LogP contribution in [0, 0.1) is 6.92 Å². The molecule has 190 valence electrons. The number of anilines is 3. The van der Waals surface area contributed by atoms with Crippen LogP contribution in [0.3, 0.4) is 0 Å². The summed E-state index contributed by atoms with van der Waals surface area (Å²) >= 11 is 1.68. The van der Waals surface area contributed by atoms with E-state index in [0.29, 0.717) is 36.8 Å². The molecule has 5 N–H and O–H groups in total. The molecule has 4 heterocycles. The molecule has 0 bridgehead atoms. The fourth-order valence-corrected chi connectivity index (χ4v) is 5.73. The lowest BCUT2D eigenvalue weighted by atomic mass is 9.99. The summed E-state index contributed by atoms with van der Waals surface area (Å²) in [5, 5.41) is 4.26. The SMILES string of the molecule is Cc1ccc(CN2CCc3ccnc(NCc4ccc(-c5ccc6ncnc(N)c6c5)s4)c3C2=O)cc1N. The summed E-state index contributed by atoms with van der Waals surface area (Å²) in [5.74, 6) is 1.08. The van der Waals surface area contributed by atoms with E-state index in [1.54, 1.807) is 17.5 Å². The Bertz CT molecular complexity index is 1680. The fourth-order valence-electron chi connectivity index (χ4n) is 4.79. The molecular weight excluding hydrogens is 494 g/mol. The Morgan fingerprint density at radius 2 is 1.92 bits per heavy atom. The van der Waals surface area contributed by atoms with Gasteiger partial charge in [0.15, 0.2) is 0 Å². The van der Waals surface area contributed by atoms with Crippen LogP contribution in [0.5, 0.6) is 0 Å². The Hall–Kier alpha value is -4.50. The van der Waals surface area contributed by atoms with E-state index in [2.05, 4.69) is 32.4 Å². The number of aryl methyl sites for hydroxylation is 1. The van der Waals surface area contributed by atoms with Crippen molar-refractivity contribution >= 4 is 45.5 Å². The monoisotopic (exact) mass is 521 g/mol. The minimum absolute atomic E-state index is 0.0103. The van der Waals surface area contributed by atoms with Gasteiger partial charge in [-0.15, -0.1) is 11.3 Å². The van der Waals surface area contributed by atoms with Gasteiger partial charge >= 0.3 is 0 Å². The summed E-state index contributed by atoms with van der Waals surface area (Å²) in [7, 11) is 0. The topological polar surface area (TPSA) is 123 Å². The maximum atomic E-state index is 13.5. The van der Waals surface area contributed by atoms with Crippen LogP contribution in [-0.4, -0.2) is 32.3 Å². The highest BCUT2D eigenvalue weighted by atomic mass is 32.1. The number of aromatic nitrogens is 3. The van der Waals surface area contributed by atoms with Crippen LogP contribution in [0.2, 0.25) is 0 Å². The number of benzene rings is 2. The van der Waals surface area contributed by atoms with Crippen molar-refractivity contribution in [1.82, 2.24) is 19.9 Å². The normalized spacial score (nSPS) is 13.1. The number of nitrogens with one attached hydrogen (secondary N) is 1. The zero-order valence-electron chi connectivity index (χ0n) is 20.9. The van der Waals surface area contributed by atoms with Crippen LogP contribution in [0.1, 0.15) is 31.9 Å². The van der Waals surface area contributed by atoms with Gasteiger partial charge in [-0.25, -0.2) is 15.0 Å². The van der Waals surface area contributed by atoms with Crippen LogP contribution in [0.15, 0.2) is 67.1 Å². The number of amides is 1. The number of rotatable bonds is 6. The number of pyridine rings is 1. The lowest BCUT2D eigenvalue weighted by Crippen LogP contribution is -2.37. The standard InChI is InChI=1S/C29H27N7OS/c1-17-2-3-18(12-23(17)30)15-36-11-9-19-8-10-32-28(26(19)29(36)37)33-14-21-5-7-25(38-21)20-4-6-24-22(13-20)27(31)35-16-34-24/h2-8,10,12-13,16H,9,11,14-15,30H2,1H3,(H,32,33)(H2,31,34,35). The molecule has 0 atom stereocenters. The highest BCUT2D eigenvalue weighted by Gasteiger charge is 2.28. The van der Waals surface area contributed by atoms with Crippen LogP contribution in [0.25, 0.3) is 21.3 Å². The largest absolute Gasteiger partial charge is 0.399 e. The number of nitrogen functional groups attached to an aromatic ring is 2. The van der Waals surface area contributed by atoms with Crippen molar-refractivity contribution < 1.29 is 4.79 Å². The van der Waals surface area contributed by atoms with Gasteiger partial charge in [0.25, 0.3) is 5.91 Å². The average molecular weight is 522 g/mol. The minimum atomic E-state index is -0.0103. The molecule has 0 fully saturated rings. The quantitative estimate of drug-likeness (QED) is 0.268. The second-order valence-electron chi connectivity index (χ2n) is 9.47. The van der Waals surface area contributed by atoms with E-state index in [1.165, 1.54) is 6.33 Å². The van der Waals surface area contributed by atoms with E-state index < -0.39 is 0 Å². The molecule has 0 saturated carbocycles. The van der Waals surface area contributed by atoms with E-state index in [9.17, 15) is 4.79 Å². The molecule has 8 nitrogen and oxygen atoms in total. The van der Waals surface area contributed by atoms with E-state index in [1.807, 2.05) is 54.3 Å². The summed E-state index contributed by atoms with van der Waals surface area (Å²) in [5.41, 5.74) is 18.5. The molecule has 1 amide bonds. The Labute approximate surface area is 224 Å². The summed E-state index contributed by atoms with van der Waals surface area (Å²) < 4.78 is 0. The molecule has 38 heavy (non-hydrogen) atoms. The lowest BCUT2D eigenvalue weighted by molar-refractivity contribution is 0.0727. The third-order valence-corrected chi connectivity index (χ3v) is 8.08. The second kappa shape index (κ2) is 9.75. The van der Waals surface area contributed by atoms with Gasteiger partial charge < -0.3 is 21.7 Å². The molecule has 1 aliphatic heterocycles. The van der Waals surface area contributed by atoms with Gasteiger partial charge in [0.05, 0.1) is 17.6 Å². The van der Waals surface area contributed by atoms with Crippen LogP contribution >= 0.6 is 11.3 Å². The molecule has 1 aliphatic rings. The van der Waals surface area contributed by atoms with Gasteiger partial charge in [-0.2, -0.15) is 0 Å². The molecule has 0 aliphatic carbocycles. The number of hydrogen-bond donors (Lipinski definition) is 3. The van der Waals surface area contributed by atoms with Crippen LogP contribution < -0.4 is 16.8 Å². The van der Waals surface area contributed by atoms with Crippen molar-refractivity contribution in [2.75, 3.05) is 23.3 Å². The van der Waals surface area contributed by atoms with Crippen LogP contribution in [-0.2, 0) is 19.5 Å². The first-order valence-corrected chi connectivity index (χ1v) is 13.2. The molecule has 3 aromatic heterocycles. The predicted molar refractivity (Wildman–Crippen MR) is 153 cm³/mol. The van der Waals surface area contributed by atoms with E-state index >= 15 is 0 Å². The van der Waals surface area contributed by atoms with Crippen molar-refractivity contribution in [1.29, 1.82) is 0 Å². The molecule has 0 radical (unpaired) electrons. The number of carbonyl (C=O) groups is 1.